The molecule has 0 aliphatic heterocycles. The van der Waals surface area contributed by atoms with Crippen LogP contribution >= 0.6 is 0 Å². The first-order chi connectivity index (χ1) is 9.35. The highest BCUT2D eigenvalue weighted by molar-refractivity contribution is 5.32. The van der Waals surface area contributed by atoms with Gasteiger partial charge in [0.2, 0.25) is 0 Å². The van der Waals surface area contributed by atoms with E-state index in [1.165, 1.54) is 6.42 Å². The molecule has 1 aliphatic carbocycles. The van der Waals surface area contributed by atoms with E-state index in [0.29, 0.717) is 11.3 Å². The molecule has 0 bridgehead atoms. The summed E-state index contributed by atoms with van der Waals surface area (Å²) in [7, 11) is 1.67. The Hall–Kier alpha value is -1.02. The van der Waals surface area contributed by atoms with Gasteiger partial charge in [-0.3, -0.25) is 0 Å². The molecule has 0 spiro atoms. The summed E-state index contributed by atoms with van der Waals surface area (Å²) >= 11 is 0. The zero-order valence-electron chi connectivity index (χ0n) is 13.3. The van der Waals surface area contributed by atoms with Crippen LogP contribution in [0.2, 0.25) is 0 Å². The van der Waals surface area contributed by atoms with Crippen LogP contribution in [0.1, 0.15) is 58.4 Å². The molecule has 1 N–H and O–H groups in total. The second-order valence-electron chi connectivity index (χ2n) is 7.26. The van der Waals surface area contributed by atoms with Crippen LogP contribution in [-0.2, 0) is 5.60 Å². The van der Waals surface area contributed by atoms with E-state index in [9.17, 15) is 5.11 Å². The van der Waals surface area contributed by atoms with E-state index >= 15 is 0 Å². The van der Waals surface area contributed by atoms with E-state index in [-0.39, 0.29) is 0 Å². The fourth-order valence-corrected chi connectivity index (χ4v) is 3.39. The van der Waals surface area contributed by atoms with Crippen molar-refractivity contribution in [3.63, 3.8) is 0 Å². The summed E-state index contributed by atoms with van der Waals surface area (Å²) in [6.45, 7) is 6.94. The fourth-order valence-electron chi connectivity index (χ4n) is 3.39. The van der Waals surface area contributed by atoms with Crippen molar-refractivity contribution in [3.8, 4) is 5.75 Å². The molecule has 1 aromatic rings. The third-order valence-electron chi connectivity index (χ3n) is 4.88. The molecule has 1 saturated carbocycles. The van der Waals surface area contributed by atoms with Gasteiger partial charge in [0.15, 0.2) is 0 Å². The third-order valence-corrected chi connectivity index (χ3v) is 4.88. The predicted molar refractivity (Wildman–Crippen MR) is 82.9 cm³/mol. The van der Waals surface area contributed by atoms with E-state index in [2.05, 4.69) is 20.8 Å². The van der Waals surface area contributed by atoms with E-state index in [4.69, 9.17) is 4.74 Å². The fraction of sp³-hybridized carbons (Fsp3) is 0.667. The summed E-state index contributed by atoms with van der Waals surface area (Å²) in [5.41, 5.74) is 0.653. The van der Waals surface area contributed by atoms with Gasteiger partial charge in [-0.25, -0.2) is 0 Å². The Labute approximate surface area is 123 Å². The molecule has 2 nitrogen and oxygen atoms in total. The van der Waals surface area contributed by atoms with Crippen LogP contribution in [-0.4, -0.2) is 12.2 Å². The molecule has 2 rings (SSSR count). The maximum absolute atomic E-state index is 11.1. The molecule has 1 aromatic carbocycles. The summed E-state index contributed by atoms with van der Waals surface area (Å²) in [6, 6.07) is 7.91. The summed E-state index contributed by atoms with van der Waals surface area (Å²) in [5.74, 6) is 1.52. The van der Waals surface area contributed by atoms with Crippen LogP contribution in [0.3, 0.4) is 0 Å². The first-order valence-corrected chi connectivity index (χ1v) is 7.72. The minimum absolute atomic E-state index is 0.333. The molecule has 2 atom stereocenters. The van der Waals surface area contributed by atoms with E-state index < -0.39 is 5.60 Å². The van der Waals surface area contributed by atoms with Gasteiger partial charge in [0.25, 0.3) is 0 Å². The van der Waals surface area contributed by atoms with Crippen molar-refractivity contribution in [2.24, 2.45) is 11.3 Å². The highest BCUT2D eigenvalue weighted by Gasteiger charge is 2.35. The summed E-state index contributed by atoms with van der Waals surface area (Å²) < 4.78 is 5.29. The molecule has 112 valence electrons. The monoisotopic (exact) mass is 276 g/mol. The number of ether oxygens (including phenoxy) is 1. The number of hydrogen-bond acceptors (Lipinski definition) is 2. The van der Waals surface area contributed by atoms with Crippen molar-refractivity contribution >= 4 is 0 Å². The lowest BCUT2D eigenvalue weighted by Crippen LogP contribution is -2.26. The zero-order chi connectivity index (χ0) is 14.8. The molecule has 0 aromatic heterocycles. The van der Waals surface area contributed by atoms with E-state index in [1.54, 1.807) is 7.11 Å². The number of rotatable bonds is 2. The van der Waals surface area contributed by atoms with Crippen molar-refractivity contribution in [1.82, 2.24) is 0 Å². The number of benzene rings is 1. The SMILES string of the molecule is COc1cccc(C2(O)CCCC(C(C)(C)C)CC2)c1. The van der Waals surface area contributed by atoms with Crippen LogP contribution in [0.4, 0.5) is 0 Å². The van der Waals surface area contributed by atoms with Gasteiger partial charge in [-0.1, -0.05) is 32.9 Å². The Balaban J connectivity index is 2.18. The number of methoxy groups -OCH3 is 1. The van der Waals surface area contributed by atoms with E-state index in [0.717, 1.165) is 37.0 Å². The normalized spacial score (nSPS) is 27.9. The van der Waals surface area contributed by atoms with Crippen molar-refractivity contribution in [1.29, 1.82) is 0 Å². The van der Waals surface area contributed by atoms with Gasteiger partial charge in [-0.05, 0) is 61.1 Å². The Morgan fingerprint density at radius 3 is 2.60 bits per heavy atom. The van der Waals surface area contributed by atoms with Crippen molar-refractivity contribution in [2.45, 2.75) is 58.5 Å². The standard InChI is InChI=1S/C18H28O2/c1-17(2,3)14-8-6-11-18(19,12-10-14)15-7-5-9-16(13-15)20-4/h5,7,9,13-14,19H,6,8,10-12H2,1-4H3. The van der Waals surface area contributed by atoms with Crippen LogP contribution in [0.5, 0.6) is 5.75 Å². The van der Waals surface area contributed by atoms with Crippen molar-refractivity contribution in [3.05, 3.63) is 29.8 Å². The molecule has 0 saturated heterocycles. The van der Waals surface area contributed by atoms with Gasteiger partial charge in [0.05, 0.1) is 12.7 Å². The number of aliphatic hydroxyl groups is 1. The van der Waals surface area contributed by atoms with Gasteiger partial charge in [0, 0.05) is 0 Å². The maximum Gasteiger partial charge on any atom is 0.119 e. The summed E-state index contributed by atoms with van der Waals surface area (Å²) in [6.07, 6.45) is 5.11. The lowest BCUT2D eigenvalue weighted by Gasteiger charge is -2.31. The lowest BCUT2D eigenvalue weighted by molar-refractivity contribution is 0.0178. The lowest BCUT2D eigenvalue weighted by atomic mass is 9.76. The van der Waals surface area contributed by atoms with Crippen LogP contribution in [0.15, 0.2) is 24.3 Å². The smallest absolute Gasteiger partial charge is 0.119 e. The molecular formula is C18H28O2. The third kappa shape index (κ3) is 3.35. The first-order valence-electron chi connectivity index (χ1n) is 7.72. The van der Waals surface area contributed by atoms with Crippen molar-refractivity contribution < 1.29 is 9.84 Å². The Morgan fingerprint density at radius 2 is 1.95 bits per heavy atom. The van der Waals surface area contributed by atoms with Gasteiger partial charge < -0.3 is 9.84 Å². The second-order valence-corrected chi connectivity index (χ2v) is 7.26. The molecule has 0 heterocycles. The largest absolute Gasteiger partial charge is 0.497 e. The Morgan fingerprint density at radius 1 is 1.20 bits per heavy atom. The molecule has 0 radical (unpaired) electrons. The quantitative estimate of drug-likeness (QED) is 0.805. The topological polar surface area (TPSA) is 29.5 Å². The second kappa shape index (κ2) is 5.77. The molecular weight excluding hydrogens is 248 g/mol. The Kier molecular flexibility index (Phi) is 4.43. The van der Waals surface area contributed by atoms with Crippen LogP contribution in [0, 0.1) is 11.3 Å². The molecule has 2 unspecified atom stereocenters. The molecule has 0 amide bonds. The molecule has 1 fully saturated rings. The average Bonchev–Trinajstić information content (AvgIpc) is 2.61. The average molecular weight is 276 g/mol. The zero-order valence-corrected chi connectivity index (χ0v) is 13.3. The van der Waals surface area contributed by atoms with Crippen molar-refractivity contribution in [2.75, 3.05) is 7.11 Å². The predicted octanol–water partition coefficient (Wildman–Crippen LogP) is 4.51. The van der Waals surface area contributed by atoms with Gasteiger partial charge in [-0.2, -0.15) is 0 Å². The summed E-state index contributed by atoms with van der Waals surface area (Å²) in [4.78, 5) is 0. The van der Waals surface area contributed by atoms with Gasteiger partial charge in [0.1, 0.15) is 5.75 Å². The Bertz CT molecular complexity index is 447. The maximum atomic E-state index is 11.1. The van der Waals surface area contributed by atoms with Crippen LogP contribution < -0.4 is 4.74 Å². The number of hydrogen-bond donors (Lipinski definition) is 1. The minimum Gasteiger partial charge on any atom is -0.497 e. The van der Waals surface area contributed by atoms with Crippen LogP contribution in [0.25, 0.3) is 0 Å². The first kappa shape index (κ1) is 15.4. The molecule has 2 heteroatoms. The summed E-state index contributed by atoms with van der Waals surface area (Å²) in [5, 5.41) is 11.1. The molecule has 20 heavy (non-hydrogen) atoms. The minimum atomic E-state index is -0.686. The highest BCUT2D eigenvalue weighted by atomic mass is 16.5. The van der Waals surface area contributed by atoms with Gasteiger partial charge in [-0.15, -0.1) is 0 Å². The molecule has 1 aliphatic rings. The van der Waals surface area contributed by atoms with E-state index in [1.807, 2.05) is 24.3 Å². The highest BCUT2D eigenvalue weighted by Crippen LogP contribution is 2.43. The van der Waals surface area contributed by atoms with Gasteiger partial charge >= 0.3 is 0 Å².